The van der Waals surface area contributed by atoms with Crippen molar-refractivity contribution in [1.82, 2.24) is 21.6 Å². The molecular formula is C59H108N10O4. The molecule has 0 aliphatic carbocycles. The Bertz CT molecular complexity index is 1540. The smallest absolute Gasteiger partial charge is 0.262 e. The van der Waals surface area contributed by atoms with E-state index in [1.807, 2.05) is 0 Å². The van der Waals surface area contributed by atoms with Crippen LogP contribution >= 0.6 is 0 Å². The van der Waals surface area contributed by atoms with Crippen LogP contribution in [0.2, 0.25) is 0 Å². The number of aliphatic imine (C=N–C) groups is 1. The molecule has 0 heterocycles. The molecule has 0 fully saturated rings. The number of guanidine groups is 1. The molecule has 0 unspecified atom stereocenters. The first-order valence-corrected chi connectivity index (χ1v) is 29.5. The molecule has 4 amide bonds. The van der Waals surface area contributed by atoms with Crippen molar-refractivity contribution in [1.29, 1.82) is 0 Å². The van der Waals surface area contributed by atoms with Gasteiger partial charge < -0.3 is 16.8 Å². The molecular weight excluding hydrogens is 913 g/mol. The second-order valence-electron chi connectivity index (χ2n) is 19.7. The molecule has 0 aromatic carbocycles. The number of rotatable bonds is 52. The van der Waals surface area contributed by atoms with E-state index >= 15 is 0 Å². The summed E-state index contributed by atoms with van der Waals surface area (Å²) < 4.78 is 0. The number of unbranched alkanes of at least 4 members (excludes halogenated alkanes) is 30. The van der Waals surface area contributed by atoms with Gasteiger partial charge in [0.1, 0.15) is 12.1 Å². The van der Waals surface area contributed by atoms with Crippen molar-refractivity contribution in [2.45, 2.75) is 290 Å². The third-order valence-corrected chi connectivity index (χ3v) is 12.7. The maximum absolute atomic E-state index is 13.6. The van der Waals surface area contributed by atoms with Crippen LogP contribution < -0.4 is 33.1 Å². The van der Waals surface area contributed by atoms with Gasteiger partial charge in [0, 0.05) is 31.5 Å². The molecule has 8 N–H and O–H groups in total. The van der Waals surface area contributed by atoms with E-state index in [2.05, 4.69) is 99.1 Å². The summed E-state index contributed by atoms with van der Waals surface area (Å²) in [7, 11) is 0. The minimum Gasteiger partial charge on any atom is -0.370 e. The van der Waals surface area contributed by atoms with Crippen LogP contribution in [-0.2, 0) is 19.2 Å². The summed E-state index contributed by atoms with van der Waals surface area (Å²) in [5.41, 5.74) is 19.0. The van der Waals surface area contributed by atoms with Crippen LogP contribution in [0.3, 0.4) is 0 Å². The normalized spacial score (nSPS) is 12.8. The Morgan fingerprint density at radius 1 is 0.384 bits per heavy atom. The highest BCUT2D eigenvalue weighted by molar-refractivity contribution is 5.92. The van der Waals surface area contributed by atoms with Gasteiger partial charge >= 0.3 is 0 Å². The van der Waals surface area contributed by atoms with E-state index < -0.39 is 35.7 Å². The van der Waals surface area contributed by atoms with Crippen molar-refractivity contribution >= 4 is 48.2 Å². The zero-order valence-corrected chi connectivity index (χ0v) is 46.7. The van der Waals surface area contributed by atoms with Crippen LogP contribution in [0.15, 0.2) is 56.8 Å². The summed E-state index contributed by atoms with van der Waals surface area (Å²) in [6.07, 6.45) is 60.4. The highest BCUT2D eigenvalue weighted by atomic mass is 16.2. The summed E-state index contributed by atoms with van der Waals surface area (Å²) in [6.45, 7) is 6.67. The second-order valence-corrected chi connectivity index (χ2v) is 19.7. The molecule has 0 aromatic rings. The number of hydrogen-bond donors (Lipinski definition) is 6. The number of allylic oxidation sites excluding steroid dienone is 6. The average Bonchev–Trinajstić information content (AvgIpc) is 3.38. The molecule has 0 aromatic heterocycles. The predicted molar refractivity (Wildman–Crippen MR) is 311 cm³/mol. The van der Waals surface area contributed by atoms with Gasteiger partial charge in [0.05, 0.1) is 0 Å². The molecule has 0 saturated carbocycles. The van der Waals surface area contributed by atoms with Gasteiger partial charge in [0.25, 0.3) is 5.91 Å². The fourth-order valence-corrected chi connectivity index (χ4v) is 8.06. The lowest BCUT2D eigenvalue weighted by Gasteiger charge is -2.19. The van der Waals surface area contributed by atoms with Gasteiger partial charge in [-0.1, -0.05) is 192 Å². The van der Waals surface area contributed by atoms with E-state index in [0.29, 0.717) is 6.42 Å². The Morgan fingerprint density at radius 3 is 1.03 bits per heavy atom. The Morgan fingerprint density at radius 2 is 0.685 bits per heavy atom. The molecule has 73 heavy (non-hydrogen) atoms. The van der Waals surface area contributed by atoms with Crippen molar-refractivity contribution in [2.24, 2.45) is 31.8 Å². The van der Waals surface area contributed by atoms with Crippen LogP contribution in [0.5, 0.6) is 0 Å². The van der Waals surface area contributed by atoms with Crippen LogP contribution in [0.1, 0.15) is 278 Å². The lowest BCUT2D eigenvalue weighted by atomic mass is 10.1. The standard InChI is InChI=1S/C59H108N10O4/c1-4-7-10-13-16-19-22-25-28-31-34-37-40-43-50-62-67-55(70)48-46-53(66-59(60)61)57(72)65-54(58(73)69-64-52-45-42-39-36-33-30-27-24-21-18-15-12-9-6-3)47-49-56(71)68-63-51-44-41-38-35-32-29-26-23-20-17-14-11-8-5-2/h13-18,50-54H,4-12,19-49H2,1-3H3,(H,65,72)(H,67,70)(H,68,71)(H,69,73)(H4,60,61,66)/b16-13-,17-14-,18-15-,62-50+,63-51+,64-52+/t53-,54-/m0/s1. The number of nitrogens with two attached hydrogens (primary N) is 2. The van der Waals surface area contributed by atoms with Crippen molar-refractivity contribution < 1.29 is 19.2 Å². The third kappa shape index (κ3) is 50.7. The summed E-state index contributed by atoms with van der Waals surface area (Å²) in [6, 6.07) is -2.29. The van der Waals surface area contributed by atoms with E-state index in [1.54, 1.807) is 18.6 Å². The van der Waals surface area contributed by atoms with Crippen molar-refractivity contribution in [2.75, 3.05) is 0 Å². The van der Waals surface area contributed by atoms with Crippen LogP contribution in [0.25, 0.3) is 0 Å². The molecule has 14 heteroatoms. The molecule has 0 spiro atoms. The van der Waals surface area contributed by atoms with E-state index in [4.69, 9.17) is 11.5 Å². The third-order valence-electron chi connectivity index (χ3n) is 12.7. The number of hydrogen-bond acceptors (Lipinski definition) is 8. The zero-order valence-electron chi connectivity index (χ0n) is 46.7. The van der Waals surface area contributed by atoms with E-state index in [1.165, 1.54) is 167 Å². The Kier molecular flexibility index (Phi) is 51.6. The predicted octanol–water partition coefficient (Wildman–Crippen LogP) is 13.8. The monoisotopic (exact) mass is 1020 g/mol. The van der Waals surface area contributed by atoms with E-state index in [0.717, 1.165) is 57.8 Å². The molecule has 14 nitrogen and oxygen atoms in total. The first kappa shape index (κ1) is 68.4. The van der Waals surface area contributed by atoms with Crippen LogP contribution in [0, 0.1) is 0 Å². The largest absolute Gasteiger partial charge is 0.370 e. The van der Waals surface area contributed by atoms with Crippen LogP contribution in [-0.4, -0.2) is 60.3 Å². The van der Waals surface area contributed by atoms with Crippen LogP contribution in [0.4, 0.5) is 0 Å². The topological polar surface area (TPSA) is 218 Å². The van der Waals surface area contributed by atoms with Crippen molar-refractivity contribution in [3.8, 4) is 0 Å². The first-order valence-electron chi connectivity index (χ1n) is 29.5. The average molecular weight is 1020 g/mol. The summed E-state index contributed by atoms with van der Waals surface area (Å²) >= 11 is 0. The highest BCUT2D eigenvalue weighted by Gasteiger charge is 2.27. The number of hydrazone groups is 3. The Hall–Kier alpha value is -4.62. The Labute approximate surface area is 445 Å². The second kappa shape index (κ2) is 55.1. The van der Waals surface area contributed by atoms with Gasteiger partial charge in [-0.05, 0) is 109 Å². The maximum atomic E-state index is 13.6. The molecule has 0 bridgehead atoms. The van der Waals surface area contributed by atoms with Crippen molar-refractivity contribution in [3.63, 3.8) is 0 Å². The number of nitrogens with one attached hydrogen (secondary N) is 4. The summed E-state index contributed by atoms with van der Waals surface area (Å²) in [4.78, 5) is 56.6. The minimum atomic E-state index is -1.16. The molecule has 418 valence electrons. The molecule has 0 rings (SSSR count). The van der Waals surface area contributed by atoms with Gasteiger partial charge in [-0.2, -0.15) is 15.3 Å². The summed E-state index contributed by atoms with van der Waals surface area (Å²) in [5.74, 6) is -2.37. The highest BCUT2D eigenvalue weighted by Crippen LogP contribution is 2.13. The molecule has 0 aliphatic heterocycles. The number of amides is 4. The SMILES string of the molecule is CCCC/C=C\CCCCCCCCC/C=N/NC(=O)CC[C@H](N=C(N)N)C(=O)N[C@@H](CCC(=O)N/N=C/CCCCCCCCC/C=C\CCCC)C(=O)N/N=C/CCCCCCCCC/C=C\CCCC. The Balaban J connectivity index is 4.98. The quantitative estimate of drug-likeness (QED) is 0.0114. The number of nitrogens with zero attached hydrogens (tertiary/aromatic N) is 4. The fourth-order valence-electron chi connectivity index (χ4n) is 8.06. The van der Waals surface area contributed by atoms with Crippen molar-refractivity contribution in [3.05, 3.63) is 36.5 Å². The fraction of sp³-hybridized carbons (Fsp3) is 0.763. The molecule has 0 radical (unpaired) electrons. The lowest BCUT2D eigenvalue weighted by molar-refractivity contribution is -0.130. The number of carbonyl (C=O) groups excluding carboxylic acids is 4. The van der Waals surface area contributed by atoms with Gasteiger partial charge in [-0.25, -0.2) is 21.3 Å². The van der Waals surface area contributed by atoms with E-state index in [9.17, 15) is 19.2 Å². The van der Waals surface area contributed by atoms with E-state index in [-0.39, 0.29) is 31.6 Å². The minimum absolute atomic E-state index is 0.0282. The van der Waals surface area contributed by atoms with Gasteiger partial charge in [-0.3, -0.25) is 19.2 Å². The maximum Gasteiger partial charge on any atom is 0.262 e. The molecule has 2 atom stereocenters. The number of carbonyl (C=O) groups is 4. The van der Waals surface area contributed by atoms with Gasteiger partial charge in [0.15, 0.2) is 5.96 Å². The van der Waals surface area contributed by atoms with Gasteiger partial charge in [0.2, 0.25) is 17.7 Å². The zero-order chi connectivity index (χ0) is 53.3. The first-order chi connectivity index (χ1) is 35.7. The lowest BCUT2D eigenvalue weighted by Crippen LogP contribution is -2.49. The molecule has 0 aliphatic rings. The van der Waals surface area contributed by atoms with Gasteiger partial charge in [-0.15, -0.1) is 0 Å². The summed E-state index contributed by atoms with van der Waals surface area (Å²) in [5, 5.41) is 15.0. The molecule has 0 saturated heterocycles.